The predicted octanol–water partition coefficient (Wildman–Crippen LogP) is 1.86. The van der Waals surface area contributed by atoms with Crippen molar-refractivity contribution in [3.05, 3.63) is 23.0 Å². The highest BCUT2D eigenvalue weighted by Gasteiger charge is 2.11. The standard InChI is InChI=1S/C12H18ClN3O2/c1-2-5-18-6-3-4-15-12(17)10-7-9(14)8-16-11(10)13/h7-8H,2-6,14H2,1H3,(H,15,17). The smallest absolute Gasteiger partial charge is 0.254 e. The van der Waals surface area contributed by atoms with Crippen molar-refractivity contribution in [3.63, 3.8) is 0 Å². The molecular formula is C12H18ClN3O2. The Morgan fingerprint density at radius 1 is 1.56 bits per heavy atom. The molecule has 0 aliphatic rings. The van der Waals surface area contributed by atoms with Crippen LogP contribution in [-0.2, 0) is 4.74 Å². The molecule has 0 unspecified atom stereocenters. The molecule has 1 amide bonds. The number of rotatable bonds is 7. The zero-order chi connectivity index (χ0) is 13.4. The summed E-state index contributed by atoms with van der Waals surface area (Å²) < 4.78 is 5.30. The van der Waals surface area contributed by atoms with Crippen LogP contribution in [0.3, 0.4) is 0 Å². The Morgan fingerprint density at radius 3 is 3.06 bits per heavy atom. The first-order valence-electron chi connectivity index (χ1n) is 5.92. The summed E-state index contributed by atoms with van der Waals surface area (Å²) in [5.74, 6) is -0.268. The number of ether oxygens (including phenoxy) is 1. The topological polar surface area (TPSA) is 77.2 Å². The molecule has 1 aromatic heterocycles. The Hall–Kier alpha value is -1.33. The van der Waals surface area contributed by atoms with Gasteiger partial charge in [-0.15, -0.1) is 0 Å². The van der Waals surface area contributed by atoms with Crippen LogP contribution in [0.25, 0.3) is 0 Å². The molecule has 0 fully saturated rings. The molecule has 0 bridgehead atoms. The van der Waals surface area contributed by atoms with Gasteiger partial charge in [-0.2, -0.15) is 0 Å². The van der Waals surface area contributed by atoms with E-state index in [0.717, 1.165) is 19.4 Å². The van der Waals surface area contributed by atoms with Crippen molar-refractivity contribution in [3.8, 4) is 0 Å². The Bertz CT molecular complexity index is 399. The Kier molecular flexibility index (Phi) is 6.46. The van der Waals surface area contributed by atoms with Gasteiger partial charge in [-0.3, -0.25) is 4.79 Å². The zero-order valence-electron chi connectivity index (χ0n) is 10.4. The minimum absolute atomic E-state index is 0.156. The maximum absolute atomic E-state index is 11.8. The molecule has 0 aliphatic carbocycles. The van der Waals surface area contributed by atoms with Crippen LogP contribution in [0.2, 0.25) is 5.15 Å². The number of nitrogens with two attached hydrogens (primary N) is 1. The maximum Gasteiger partial charge on any atom is 0.254 e. The number of nitrogen functional groups attached to an aromatic ring is 1. The van der Waals surface area contributed by atoms with Crippen molar-refractivity contribution in [1.82, 2.24) is 10.3 Å². The molecule has 100 valence electrons. The van der Waals surface area contributed by atoms with Crippen molar-refractivity contribution >= 4 is 23.2 Å². The summed E-state index contributed by atoms with van der Waals surface area (Å²) in [5, 5.41) is 2.90. The summed E-state index contributed by atoms with van der Waals surface area (Å²) in [7, 11) is 0. The molecule has 0 saturated carbocycles. The quantitative estimate of drug-likeness (QED) is 0.586. The van der Waals surface area contributed by atoms with E-state index in [-0.39, 0.29) is 11.1 Å². The number of pyridine rings is 1. The fourth-order valence-electron chi connectivity index (χ4n) is 1.34. The van der Waals surface area contributed by atoms with Gasteiger partial charge in [0.25, 0.3) is 5.91 Å². The van der Waals surface area contributed by atoms with Crippen molar-refractivity contribution < 1.29 is 9.53 Å². The fraction of sp³-hybridized carbons (Fsp3) is 0.500. The van der Waals surface area contributed by atoms with Crippen LogP contribution in [-0.4, -0.2) is 30.6 Å². The number of amides is 1. The molecule has 1 aromatic rings. The summed E-state index contributed by atoms with van der Waals surface area (Å²) in [5.41, 5.74) is 6.26. The highest BCUT2D eigenvalue weighted by Crippen LogP contribution is 2.15. The van der Waals surface area contributed by atoms with Gasteiger partial charge < -0.3 is 15.8 Å². The number of hydrogen-bond donors (Lipinski definition) is 2. The Balaban J connectivity index is 2.34. The van der Waals surface area contributed by atoms with Gasteiger partial charge in [-0.25, -0.2) is 4.98 Å². The van der Waals surface area contributed by atoms with E-state index in [1.165, 1.54) is 12.3 Å². The van der Waals surface area contributed by atoms with Gasteiger partial charge in [0.05, 0.1) is 17.4 Å². The van der Waals surface area contributed by atoms with E-state index in [9.17, 15) is 4.79 Å². The average Bonchev–Trinajstić information content (AvgIpc) is 2.36. The van der Waals surface area contributed by atoms with Gasteiger partial charge in [0.2, 0.25) is 0 Å². The van der Waals surface area contributed by atoms with Crippen LogP contribution < -0.4 is 11.1 Å². The van der Waals surface area contributed by atoms with Crippen LogP contribution in [0.1, 0.15) is 30.1 Å². The minimum atomic E-state index is -0.268. The van der Waals surface area contributed by atoms with E-state index in [4.69, 9.17) is 22.1 Å². The molecule has 1 rings (SSSR count). The summed E-state index contributed by atoms with van der Waals surface area (Å²) in [6.45, 7) is 3.97. The van der Waals surface area contributed by atoms with E-state index in [2.05, 4.69) is 17.2 Å². The molecule has 3 N–H and O–H groups in total. The third kappa shape index (κ3) is 4.89. The van der Waals surface area contributed by atoms with Crippen molar-refractivity contribution in [2.45, 2.75) is 19.8 Å². The van der Waals surface area contributed by atoms with Gasteiger partial charge in [0, 0.05) is 19.8 Å². The second-order valence-electron chi connectivity index (χ2n) is 3.83. The van der Waals surface area contributed by atoms with Gasteiger partial charge in [0.1, 0.15) is 5.15 Å². The maximum atomic E-state index is 11.8. The summed E-state index contributed by atoms with van der Waals surface area (Å²) in [4.78, 5) is 15.6. The predicted molar refractivity (Wildman–Crippen MR) is 71.7 cm³/mol. The van der Waals surface area contributed by atoms with Crippen molar-refractivity contribution in [1.29, 1.82) is 0 Å². The lowest BCUT2D eigenvalue weighted by atomic mass is 10.2. The van der Waals surface area contributed by atoms with E-state index in [1.54, 1.807) is 0 Å². The summed E-state index contributed by atoms with van der Waals surface area (Å²) >= 11 is 5.82. The number of aromatic nitrogens is 1. The number of anilines is 1. The molecule has 18 heavy (non-hydrogen) atoms. The van der Waals surface area contributed by atoms with Crippen LogP contribution in [0.5, 0.6) is 0 Å². The molecule has 0 radical (unpaired) electrons. The third-order valence-corrected chi connectivity index (χ3v) is 2.51. The van der Waals surface area contributed by atoms with Crippen molar-refractivity contribution in [2.24, 2.45) is 0 Å². The first-order valence-corrected chi connectivity index (χ1v) is 6.30. The monoisotopic (exact) mass is 271 g/mol. The lowest BCUT2D eigenvalue weighted by molar-refractivity contribution is 0.0941. The van der Waals surface area contributed by atoms with Crippen molar-refractivity contribution in [2.75, 3.05) is 25.5 Å². The van der Waals surface area contributed by atoms with Gasteiger partial charge in [0.15, 0.2) is 0 Å². The number of carbonyl (C=O) groups is 1. The molecular weight excluding hydrogens is 254 g/mol. The summed E-state index contributed by atoms with van der Waals surface area (Å²) in [6.07, 6.45) is 3.17. The SMILES string of the molecule is CCCOCCCNC(=O)c1cc(N)cnc1Cl. The molecule has 5 nitrogen and oxygen atoms in total. The van der Waals surface area contributed by atoms with Crippen LogP contribution >= 0.6 is 11.6 Å². The third-order valence-electron chi connectivity index (χ3n) is 2.20. The largest absolute Gasteiger partial charge is 0.397 e. The number of nitrogens with one attached hydrogen (secondary N) is 1. The van der Waals surface area contributed by atoms with Gasteiger partial charge in [-0.05, 0) is 18.9 Å². The van der Waals surface area contributed by atoms with Gasteiger partial charge in [-0.1, -0.05) is 18.5 Å². The van der Waals surface area contributed by atoms with Crippen LogP contribution in [0.4, 0.5) is 5.69 Å². The molecule has 1 heterocycles. The zero-order valence-corrected chi connectivity index (χ0v) is 11.2. The van der Waals surface area contributed by atoms with E-state index in [1.807, 2.05) is 0 Å². The first-order chi connectivity index (χ1) is 8.65. The second kappa shape index (κ2) is 7.89. The summed E-state index contributed by atoms with van der Waals surface area (Å²) in [6, 6.07) is 1.51. The molecule has 6 heteroatoms. The first kappa shape index (κ1) is 14.7. The lowest BCUT2D eigenvalue weighted by Crippen LogP contribution is -2.26. The minimum Gasteiger partial charge on any atom is -0.397 e. The molecule has 0 saturated heterocycles. The Morgan fingerprint density at radius 2 is 2.33 bits per heavy atom. The fourth-order valence-corrected chi connectivity index (χ4v) is 1.53. The number of hydrogen-bond acceptors (Lipinski definition) is 4. The highest BCUT2D eigenvalue weighted by atomic mass is 35.5. The number of halogens is 1. The number of carbonyl (C=O) groups excluding carboxylic acids is 1. The van der Waals surface area contributed by atoms with Gasteiger partial charge >= 0.3 is 0 Å². The number of nitrogens with zero attached hydrogens (tertiary/aromatic N) is 1. The van der Waals surface area contributed by atoms with Crippen LogP contribution in [0.15, 0.2) is 12.3 Å². The van der Waals surface area contributed by atoms with Crippen LogP contribution in [0, 0.1) is 0 Å². The lowest BCUT2D eigenvalue weighted by Gasteiger charge is -2.07. The second-order valence-corrected chi connectivity index (χ2v) is 4.19. The van der Waals surface area contributed by atoms with E-state index in [0.29, 0.717) is 24.4 Å². The molecule has 0 spiro atoms. The normalized spacial score (nSPS) is 10.3. The Labute approximate surface area is 112 Å². The highest BCUT2D eigenvalue weighted by molar-refractivity contribution is 6.32. The van der Waals surface area contributed by atoms with E-state index < -0.39 is 0 Å². The molecule has 0 aliphatic heterocycles. The molecule has 0 aromatic carbocycles. The average molecular weight is 272 g/mol. The molecule has 0 atom stereocenters. The van der Waals surface area contributed by atoms with E-state index >= 15 is 0 Å².